The predicted octanol–water partition coefficient (Wildman–Crippen LogP) is 3.26. The largest absolute Gasteiger partial charge is 0.346 e. The lowest BCUT2D eigenvalue weighted by molar-refractivity contribution is -0.130. The number of halogens is 2. The molecule has 122 valence electrons. The molecule has 0 aromatic heterocycles. The van der Waals surface area contributed by atoms with Crippen LogP contribution in [0.25, 0.3) is 0 Å². The Balaban J connectivity index is 2.83. The highest BCUT2D eigenvalue weighted by molar-refractivity contribution is 5.91. The predicted molar refractivity (Wildman–Crippen MR) is 81.3 cm³/mol. The molecule has 1 amide bonds. The van der Waals surface area contributed by atoms with Gasteiger partial charge in [0.2, 0.25) is 5.91 Å². The van der Waals surface area contributed by atoms with Crippen LogP contribution in [0, 0.1) is 23.5 Å². The fourth-order valence-corrected chi connectivity index (χ4v) is 2.17. The van der Waals surface area contributed by atoms with E-state index in [1.165, 1.54) is 12.1 Å². The van der Waals surface area contributed by atoms with Crippen molar-refractivity contribution in [2.75, 3.05) is 0 Å². The minimum absolute atomic E-state index is 0.0163. The molecule has 2 atom stereocenters. The fourth-order valence-electron chi connectivity index (χ4n) is 2.17. The third kappa shape index (κ3) is 4.61. The molecule has 1 aromatic rings. The van der Waals surface area contributed by atoms with Crippen LogP contribution in [-0.4, -0.2) is 17.7 Å². The van der Waals surface area contributed by atoms with Gasteiger partial charge in [-0.3, -0.25) is 9.59 Å². The lowest BCUT2D eigenvalue weighted by Gasteiger charge is -2.24. The van der Waals surface area contributed by atoms with E-state index in [4.69, 9.17) is 0 Å². The molecule has 0 saturated carbocycles. The lowest BCUT2D eigenvalue weighted by Crippen LogP contribution is -2.47. The minimum Gasteiger partial charge on any atom is -0.346 e. The summed E-state index contributed by atoms with van der Waals surface area (Å²) in [6.45, 7) is 7.36. The second-order valence-corrected chi connectivity index (χ2v) is 5.88. The molecule has 5 heteroatoms. The Morgan fingerprint density at radius 2 is 1.82 bits per heavy atom. The van der Waals surface area contributed by atoms with Gasteiger partial charge in [0.1, 0.15) is 0 Å². The van der Waals surface area contributed by atoms with E-state index in [2.05, 4.69) is 5.32 Å². The van der Waals surface area contributed by atoms with E-state index < -0.39 is 23.6 Å². The van der Waals surface area contributed by atoms with Crippen LogP contribution < -0.4 is 5.32 Å². The SMILES string of the molecule is CC[C@H](C)[C@H](NC(=O)Cc1cccc(F)c1F)C(=O)C(C)C. The molecule has 0 unspecified atom stereocenters. The van der Waals surface area contributed by atoms with Crippen molar-refractivity contribution >= 4 is 11.7 Å². The summed E-state index contributed by atoms with van der Waals surface area (Å²) in [5.74, 6) is -2.76. The normalized spacial score (nSPS) is 13.8. The molecule has 1 N–H and O–H groups in total. The smallest absolute Gasteiger partial charge is 0.225 e. The van der Waals surface area contributed by atoms with Gasteiger partial charge in [-0.25, -0.2) is 8.78 Å². The van der Waals surface area contributed by atoms with E-state index >= 15 is 0 Å². The summed E-state index contributed by atoms with van der Waals surface area (Å²) in [4.78, 5) is 24.3. The van der Waals surface area contributed by atoms with Crippen LogP contribution in [-0.2, 0) is 16.0 Å². The molecule has 0 spiro atoms. The van der Waals surface area contributed by atoms with Crippen LogP contribution in [0.1, 0.15) is 39.7 Å². The first kappa shape index (κ1) is 18.3. The number of carbonyl (C=O) groups is 2. The Morgan fingerprint density at radius 1 is 1.18 bits per heavy atom. The van der Waals surface area contributed by atoms with Crippen molar-refractivity contribution in [3.63, 3.8) is 0 Å². The van der Waals surface area contributed by atoms with Crippen LogP contribution >= 0.6 is 0 Å². The van der Waals surface area contributed by atoms with Crippen LogP contribution in [0.4, 0.5) is 8.78 Å². The topological polar surface area (TPSA) is 46.2 Å². The maximum atomic E-state index is 13.6. The standard InChI is InChI=1S/C17H23F2NO2/c1-5-11(4)16(17(22)10(2)3)20-14(21)9-12-7-6-8-13(18)15(12)19/h6-8,10-11,16H,5,9H2,1-4H3,(H,20,21)/t11-,16-/m0/s1. The van der Waals surface area contributed by atoms with E-state index in [1.807, 2.05) is 13.8 Å². The monoisotopic (exact) mass is 311 g/mol. The van der Waals surface area contributed by atoms with Crippen molar-refractivity contribution < 1.29 is 18.4 Å². The van der Waals surface area contributed by atoms with Gasteiger partial charge in [-0.2, -0.15) is 0 Å². The Bertz CT molecular complexity index is 543. The Hall–Kier alpha value is -1.78. The van der Waals surface area contributed by atoms with Crippen LogP contribution in [0.3, 0.4) is 0 Å². The average Bonchev–Trinajstić information content (AvgIpc) is 2.48. The van der Waals surface area contributed by atoms with Gasteiger partial charge >= 0.3 is 0 Å². The zero-order valence-electron chi connectivity index (χ0n) is 13.5. The molecule has 1 aromatic carbocycles. The van der Waals surface area contributed by atoms with Crippen LogP contribution in [0.5, 0.6) is 0 Å². The molecule has 0 aliphatic rings. The summed E-state index contributed by atoms with van der Waals surface area (Å²) in [6.07, 6.45) is 0.444. The summed E-state index contributed by atoms with van der Waals surface area (Å²) in [5, 5.41) is 2.67. The molecule has 0 radical (unpaired) electrons. The maximum Gasteiger partial charge on any atom is 0.225 e. The van der Waals surface area contributed by atoms with Gasteiger partial charge in [-0.05, 0) is 12.0 Å². The highest BCUT2D eigenvalue weighted by atomic mass is 19.2. The molecule has 3 nitrogen and oxygen atoms in total. The molecule has 0 fully saturated rings. The van der Waals surface area contributed by atoms with Gasteiger partial charge in [0, 0.05) is 11.5 Å². The Morgan fingerprint density at radius 3 is 2.36 bits per heavy atom. The third-order valence-electron chi connectivity index (χ3n) is 3.79. The minimum atomic E-state index is -1.02. The first-order valence-electron chi connectivity index (χ1n) is 7.53. The van der Waals surface area contributed by atoms with Crippen molar-refractivity contribution in [1.82, 2.24) is 5.32 Å². The molecule has 0 bridgehead atoms. The van der Waals surface area contributed by atoms with Gasteiger partial charge in [0.15, 0.2) is 17.4 Å². The lowest BCUT2D eigenvalue weighted by atomic mass is 9.90. The third-order valence-corrected chi connectivity index (χ3v) is 3.79. The van der Waals surface area contributed by atoms with E-state index in [9.17, 15) is 18.4 Å². The zero-order valence-corrected chi connectivity index (χ0v) is 13.5. The summed E-state index contributed by atoms with van der Waals surface area (Å²) in [5.41, 5.74) is -0.0163. The highest BCUT2D eigenvalue weighted by Gasteiger charge is 2.27. The van der Waals surface area contributed by atoms with Gasteiger partial charge in [-0.1, -0.05) is 46.2 Å². The number of nitrogens with one attached hydrogen (secondary N) is 1. The zero-order chi connectivity index (χ0) is 16.9. The van der Waals surface area contributed by atoms with Gasteiger partial charge in [0.05, 0.1) is 12.5 Å². The van der Waals surface area contributed by atoms with E-state index in [-0.39, 0.29) is 29.6 Å². The van der Waals surface area contributed by atoms with E-state index in [0.29, 0.717) is 0 Å². The van der Waals surface area contributed by atoms with Crippen molar-refractivity contribution in [2.24, 2.45) is 11.8 Å². The number of ketones is 1. The molecule has 22 heavy (non-hydrogen) atoms. The first-order chi connectivity index (χ1) is 10.3. The molecular formula is C17H23F2NO2. The first-order valence-corrected chi connectivity index (χ1v) is 7.53. The van der Waals surface area contributed by atoms with Crippen LogP contribution in [0.15, 0.2) is 18.2 Å². The summed E-state index contributed by atoms with van der Waals surface area (Å²) < 4.78 is 26.7. The number of carbonyl (C=O) groups excluding carboxylic acids is 2. The molecule has 0 aliphatic carbocycles. The number of hydrogen-bond acceptors (Lipinski definition) is 2. The van der Waals surface area contributed by atoms with Crippen molar-refractivity contribution in [3.8, 4) is 0 Å². The molecule has 0 saturated heterocycles. The molecule has 1 rings (SSSR count). The number of amides is 1. The summed E-state index contributed by atoms with van der Waals surface area (Å²) >= 11 is 0. The quantitative estimate of drug-likeness (QED) is 0.840. The fraction of sp³-hybridized carbons (Fsp3) is 0.529. The molecular weight excluding hydrogens is 288 g/mol. The number of Topliss-reactive ketones (excluding diaryl/α,β-unsaturated/α-hetero) is 1. The van der Waals surface area contributed by atoms with Gasteiger partial charge in [0.25, 0.3) is 0 Å². The van der Waals surface area contributed by atoms with E-state index in [0.717, 1.165) is 12.5 Å². The Labute approximate surface area is 130 Å². The highest BCUT2D eigenvalue weighted by Crippen LogP contribution is 2.15. The maximum absolute atomic E-state index is 13.6. The second-order valence-electron chi connectivity index (χ2n) is 5.88. The van der Waals surface area contributed by atoms with Gasteiger partial charge < -0.3 is 5.32 Å². The molecule has 0 heterocycles. The van der Waals surface area contributed by atoms with Crippen LogP contribution in [0.2, 0.25) is 0 Å². The van der Waals surface area contributed by atoms with Crippen molar-refractivity contribution in [2.45, 2.75) is 46.6 Å². The summed E-state index contributed by atoms with van der Waals surface area (Å²) in [7, 11) is 0. The Kier molecular flexibility index (Phi) is 6.65. The molecule has 0 aliphatic heterocycles. The number of rotatable bonds is 7. The number of benzene rings is 1. The van der Waals surface area contributed by atoms with E-state index in [1.54, 1.807) is 13.8 Å². The number of hydrogen-bond donors (Lipinski definition) is 1. The second kappa shape index (κ2) is 8.01. The van der Waals surface area contributed by atoms with Crippen molar-refractivity contribution in [3.05, 3.63) is 35.4 Å². The summed E-state index contributed by atoms with van der Waals surface area (Å²) in [6, 6.07) is 3.11. The van der Waals surface area contributed by atoms with Gasteiger partial charge in [-0.15, -0.1) is 0 Å². The average molecular weight is 311 g/mol. The van der Waals surface area contributed by atoms with Crippen molar-refractivity contribution in [1.29, 1.82) is 0 Å².